The van der Waals surface area contributed by atoms with Crippen LogP contribution in [0.4, 0.5) is 0 Å². The standard InChI is InChI=1S/C18H23NO2/c1-13-6-4-8-16(14(13)2)11-19-18(12-20)15-7-5-9-17(10-15)21-3/h4-10,18-20H,11-12H2,1-3H3. The highest BCUT2D eigenvalue weighted by Gasteiger charge is 2.11. The van der Waals surface area contributed by atoms with Gasteiger partial charge in [-0.1, -0.05) is 30.3 Å². The maximum atomic E-state index is 9.64. The monoisotopic (exact) mass is 285 g/mol. The first-order valence-electron chi connectivity index (χ1n) is 7.19. The molecule has 0 aliphatic carbocycles. The molecule has 0 saturated heterocycles. The molecule has 0 aromatic heterocycles. The smallest absolute Gasteiger partial charge is 0.119 e. The van der Waals surface area contributed by atoms with E-state index in [1.54, 1.807) is 7.11 Å². The Morgan fingerprint density at radius 2 is 1.90 bits per heavy atom. The maximum Gasteiger partial charge on any atom is 0.119 e. The number of nitrogens with one attached hydrogen (secondary N) is 1. The molecule has 112 valence electrons. The fourth-order valence-corrected chi connectivity index (χ4v) is 2.38. The minimum Gasteiger partial charge on any atom is -0.497 e. The van der Waals surface area contributed by atoms with Crippen LogP contribution in [0.5, 0.6) is 5.75 Å². The minimum absolute atomic E-state index is 0.0536. The van der Waals surface area contributed by atoms with Crippen LogP contribution in [0.1, 0.15) is 28.3 Å². The minimum atomic E-state index is -0.0972. The molecule has 0 fully saturated rings. The van der Waals surface area contributed by atoms with Crippen LogP contribution in [0, 0.1) is 13.8 Å². The highest BCUT2D eigenvalue weighted by atomic mass is 16.5. The lowest BCUT2D eigenvalue weighted by molar-refractivity contribution is 0.243. The molecule has 2 aromatic rings. The van der Waals surface area contributed by atoms with Crippen molar-refractivity contribution in [2.75, 3.05) is 13.7 Å². The Morgan fingerprint density at radius 1 is 1.14 bits per heavy atom. The second-order valence-corrected chi connectivity index (χ2v) is 5.25. The Balaban J connectivity index is 2.10. The summed E-state index contributed by atoms with van der Waals surface area (Å²) in [5.41, 5.74) is 4.88. The largest absolute Gasteiger partial charge is 0.497 e. The van der Waals surface area contributed by atoms with E-state index in [9.17, 15) is 5.11 Å². The van der Waals surface area contributed by atoms with Crippen LogP contribution in [0.3, 0.4) is 0 Å². The highest BCUT2D eigenvalue weighted by molar-refractivity contribution is 5.34. The highest BCUT2D eigenvalue weighted by Crippen LogP contribution is 2.20. The molecule has 1 atom stereocenters. The summed E-state index contributed by atoms with van der Waals surface area (Å²) >= 11 is 0. The molecule has 3 heteroatoms. The third-order valence-electron chi connectivity index (χ3n) is 3.93. The first-order chi connectivity index (χ1) is 10.2. The Kier molecular flexibility index (Phi) is 5.37. The number of aliphatic hydroxyl groups is 1. The van der Waals surface area contributed by atoms with Gasteiger partial charge < -0.3 is 15.2 Å². The molecule has 0 radical (unpaired) electrons. The zero-order valence-corrected chi connectivity index (χ0v) is 12.9. The van der Waals surface area contributed by atoms with Crippen molar-refractivity contribution in [3.05, 3.63) is 64.7 Å². The lowest BCUT2D eigenvalue weighted by Gasteiger charge is -2.18. The summed E-state index contributed by atoms with van der Waals surface area (Å²) in [5.74, 6) is 0.805. The van der Waals surface area contributed by atoms with Gasteiger partial charge in [0.15, 0.2) is 0 Å². The zero-order valence-electron chi connectivity index (χ0n) is 12.9. The molecule has 0 aliphatic rings. The molecule has 0 aliphatic heterocycles. The molecule has 3 nitrogen and oxygen atoms in total. The summed E-state index contributed by atoms with van der Waals surface area (Å²) in [6.07, 6.45) is 0. The molecular weight excluding hydrogens is 262 g/mol. The molecule has 21 heavy (non-hydrogen) atoms. The Morgan fingerprint density at radius 3 is 2.62 bits per heavy atom. The van der Waals surface area contributed by atoms with E-state index in [1.807, 2.05) is 24.3 Å². The van der Waals surface area contributed by atoms with Crippen LogP contribution in [0.25, 0.3) is 0 Å². The molecule has 2 N–H and O–H groups in total. The molecule has 2 aromatic carbocycles. The third-order valence-corrected chi connectivity index (χ3v) is 3.93. The third kappa shape index (κ3) is 3.84. The van der Waals surface area contributed by atoms with Crippen molar-refractivity contribution in [3.63, 3.8) is 0 Å². The van der Waals surface area contributed by atoms with Gasteiger partial charge in [-0.2, -0.15) is 0 Å². The fourth-order valence-electron chi connectivity index (χ4n) is 2.38. The average Bonchev–Trinajstić information content (AvgIpc) is 2.52. The second kappa shape index (κ2) is 7.25. The van der Waals surface area contributed by atoms with Crippen LogP contribution in [0.2, 0.25) is 0 Å². The van der Waals surface area contributed by atoms with E-state index in [1.165, 1.54) is 16.7 Å². The van der Waals surface area contributed by atoms with Gasteiger partial charge in [0.25, 0.3) is 0 Å². The van der Waals surface area contributed by atoms with Crippen molar-refractivity contribution in [2.24, 2.45) is 0 Å². The molecule has 0 amide bonds. The predicted molar refractivity (Wildman–Crippen MR) is 85.6 cm³/mol. The van der Waals surface area contributed by atoms with Crippen molar-refractivity contribution in [1.82, 2.24) is 5.32 Å². The molecule has 2 rings (SSSR count). The van der Waals surface area contributed by atoms with Gasteiger partial charge in [0, 0.05) is 6.54 Å². The van der Waals surface area contributed by atoms with E-state index in [-0.39, 0.29) is 12.6 Å². The van der Waals surface area contributed by atoms with Crippen LogP contribution in [-0.4, -0.2) is 18.8 Å². The van der Waals surface area contributed by atoms with Crippen molar-refractivity contribution >= 4 is 0 Å². The van der Waals surface area contributed by atoms with E-state index < -0.39 is 0 Å². The number of hydrogen-bond donors (Lipinski definition) is 2. The quantitative estimate of drug-likeness (QED) is 0.857. The van der Waals surface area contributed by atoms with Gasteiger partial charge >= 0.3 is 0 Å². The van der Waals surface area contributed by atoms with Crippen LogP contribution in [-0.2, 0) is 6.54 Å². The molecule has 0 bridgehead atoms. The topological polar surface area (TPSA) is 41.5 Å². The Bertz CT molecular complexity index is 596. The van der Waals surface area contributed by atoms with Gasteiger partial charge in [-0.3, -0.25) is 0 Å². The first-order valence-corrected chi connectivity index (χ1v) is 7.19. The number of aryl methyl sites for hydroxylation is 1. The Labute approximate surface area is 126 Å². The van der Waals surface area contributed by atoms with Crippen LogP contribution in [0.15, 0.2) is 42.5 Å². The SMILES string of the molecule is COc1cccc(C(CO)NCc2cccc(C)c2C)c1. The van der Waals surface area contributed by atoms with Gasteiger partial charge in [0.1, 0.15) is 5.75 Å². The van der Waals surface area contributed by atoms with Gasteiger partial charge in [-0.15, -0.1) is 0 Å². The number of rotatable bonds is 6. The van der Waals surface area contributed by atoms with Crippen LogP contribution < -0.4 is 10.1 Å². The molecule has 1 unspecified atom stereocenters. The van der Waals surface area contributed by atoms with E-state index in [0.29, 0.717) is 0 Å². The summed E-state index contributed by atoms with van der Waals surface area (Å²) in [5, 5.41) is 13.1. The normalized spacial score (nSPS) is 12.2. The molecule has 0 spiro atoms. The van der Waals surface area contributed by atoms with Gasteiger partial charge in [-0.25, -0.2) is 0 Å². The van der Waals surface area contributed by atoms with Crippen molar-refractivity contribution in [3.8, 4) is 5.75 Å². The van der Waals surface area contributed by atoms with E-state index in [0.717, 1.165) is 17.9 Å². The lowest BCUT2D eigenvalue weighted by atomic mass is 10.0. The van der Waals surface area contributed by atoms with E-state index >= 15 is 0 Å². The van der Waals surface area contributed by atoms with Crippen molar-refractivity contribution in [1.29, 1.82) is 0 Å². The predicted octanol–water partition coefficient (Wildman–Crippen LogP) is 3.14. The molecular formula is C18H23NO2. The number of methoxy groups -OCH3 is 1. The maximum absolute atomic E-state index is 9.64. The Hall–Kier alpha value is -1.84. The zero-order chi connectivity index (χ0) is 15.2. The first kappa shape index (κ1) is 15.5. The number of aliphatic hydroxyl groups excluding tert-OH is 1. The molecule has 0 saturated carbocycles. The van der Waals surface area contributed by atoms with Gasteiger partial charge in [0.05, 0.1) is 19.8 Å². The summed E-state index contributed by atoms with van der Waals surface area (Å²) in [6, 6.07) is 14.0. The summed E-state index contributed by atoms with van der Waals surface area (Å²) in [7, 11) is 1.65. The lowest BCUT2D eigenvalue weighted by Crippen LogP contribution is -2.24. The van der Waals surface area contributed by atoms with E-state index in [2.05, 4.69) is 37.4 Å². The summed E-state index contributed by atoms with van der Waals surface area (Å²) in [4.78, 5) is 0. The van der Waals surface area contributed by atoms with Gasteiger partial charge in [-0.05, 0) is 48.2 Å². The van der Waals surface area contributed by atoms with E-state index in [4.69, 9.17) is 4.74 Å². The summed E-state index contributed by atoms with van der Waals surface area (Å²) < 4.78 is 5.24. The fraction of sp³-hybridized carbons (Fsp3) is 0.333. The van der Waals surface area contributed by atoms with Crippen molar-refractivity contribution < 1.29 is 9.84 Å². The average molecular weight is 285 g/mol. The van der Waals surface area contributed by atoms with Crippen LogP contribution >= 0.6 is 0 Å². The number of benzene rings is 2. The summed E-state index contributed by atoms with van der Waals surface area (Å²) in [6.45, 7) is 5.03. The van der Waals surface area contributed by atoms with Crippen molar-refractivity contribution in [2.45, 2.75) is 26.4 Å². The second-order valence-electron chi connectivity index (χ2n) is 5.25. The number of ether oxygens (including phenoxy) is 1. The molecule has 0 heterocycles. The van der Waals surface area contributed by atoms with Gasteiger partial charge in [0.2, 0.25) is 0 Å². The number of hydrogen-bond acceptors (Lipinski definition) is 3.